The minimum absolute atomic E-state index is 0.691. The van der Waals surface area contributed by atoms with Crippen LogP contribution in [0.5, 0.6) is 0 Å². The molecule has 1 saturated carbocycles. The Hall–Kier alpha value is -1.03. The van der Waals surface area contributed by atoms with E-state index in [1.165, 1.54) is 12.8 Å². The van der Waals surface area contributed by atoms with E-state index >= 15 is 0 Å². The van der Waals surface area contributed by atoms with Gasteiger partial charge < -0.3 is 14.6 Å². The number of anilines is 1. The number of hydrogen-bond donors (Lipinski definition) is 1. The molecule has 15 heavy (non-hydrogen) atoms. The molecule has 0 spiro atoms. The SMILES string of the molecule is COCCCNc1nc(C)cn1C1CC1. The first-order valence-corrected chi connectivity index (χ1v) is 5.59. The molecule has 1 N–H and O–H groups in total. The second kappa shape index (κ2) is 4.66. The maximum absolute atomic E-state index is 5.01. The summed E-state index contributed by atoms with van der Waals surface area (Å²) in [6.07, 6.45) is 5.74. The number of aromatic nitrogens is 2. The summed E-state index contributed by atoms with van der Waals surface area (Å²) in [5.41, 5.74) is 1.09. The van der Waals surface area contributed by atoms with Gasteiger partial charge in [0.25, 0.3) is 0 Å². The summed E-state index contributed by atoms with van der Waals surface area (Å²) in [5, 5.41) is 3.36. The maximum Gasteiger partial charge on any atom is 0.203 e. The molecule has 4 heteroatoms. The van der Waals surface area contributed by atoms with Crippen molar-refractivity contribution in [1.29, 1.82) is 0 Å². The van der Waals surface area contributed by atoms with Crippen LogP contribution in [0.1, 0.15) is 31.0 Å². The maximum atomic E-state index is 5.01. The summed E-state index contributed by atoms with van der Waals surface area (Å²) >= 11 is 0. The molecule has 0 aromatic carbocycles. The van der Waals surface area contributed by atoms with Gasteiger partial charge in [-0.1, -0.05) is 0 Å². The van der Waals surface area contributed by atoms with Gasteiger partial charge in [-0.2, -0.15) is 0 Å². The van der Waals surface area contributed by atoms with E-state index in [-0.39, 0.29) is 0 Å². The summed E-state index contributed by atoms with van der Waals surface area (Å²) in [5.74, 6) is 1.02. The van der Waals surface area contributed by atoms with E-state index in [4.69, 9.17) is 4.74 Å². The fourth-order valence-corrected chi connectivity index (χ4v) is 1.69. The quantitative estimate of drug-likeness (QED) is 0.728. The average molecular weight is 209 g/mol. The minimum atomic E-state index is 0.691. The molecular formula is C11H19N3O. The minimum Gasteiger partial charge on any atom is -0.385 e. The number of hydrogen-bond acceptors (Lipinski definition) is 3. The molecule has 0 radical (unpaired) electrons. The van der Waals surface area contributed by atoms with Crippen molar-refractivity contribution in [3.05, 3.63) is 11.9 Å². The van der Waals surface area contributed by atoms with Crippen molar-refractivity contribution in [2.24, 2.45) is 0 Å². The normalized spacial score (nSPS) is 15.6. The lowest BCUT2D eigenvalue weighted by molar-refractivity contribution is 0.197. The average Bonchev–Trinajstić information content (AvgIpc) is 2.99. The van der Waals surface area contributed by atoms with Crippen LogP contribution in [0, 0.1) is 6.92 Å². The molecule has 1 aromatic rings. The van der Waals surface area contributed by atoms with Crippen molar-refractivity contribution < 1.29 is 4.74 Å². The van der Waals surface area contributed by atoms with Crippen molar-refractivity contribution in [3.8, 4) is 0 Å². The molecule has 1 heterocycles. The zero-order valence-electron chi connectivity index (χ0n) is 9.49. The Morgan fingerprint density at radius 2 is 2.40 bits per heavy atom. The number of aryl methyl sites for hydroxylation is 1. The molecule has 0 bridgehead atoms. The Balaban J connectivity index is 1.88. The summed E-state index contributed by atoms with van der Waals surface area (Å²) in [7, 11) is 1.73. The molecule has 1 fully saturated rings. The number of rotatable bonds is 6. The topological polar surface area (TPSA) is 39.1 Å². The van der Waals surface area contributed by atoms with Crippen molar-refractivity contribution in [1.82, 2.24) is 9.55 Å². The first-order valence-electron chi connectivity index (χ1n) is 5.59. The van der Waals surface area contributed by atoms with E-state index < -0.39 is 0 Å². The van der Waals surface area contributed by atoms with Crippen LogP contribution in [-0.2, 0) is 4.74 Å². The lowest BCUT2D eigenvalue weighted by Gasteiger charge is -2.07. The zero-order valence-corrected chi connectivity index (χ0v) is 9.49. The van der Waals surface area contributed by atoms with Gasteiger partial charge in [0, 0.05) is 32.5 Å². The molecule has 0 atom stereocenters. The van der Waals surface area contributed by atoms with Gasteiger partial charge in [-0.05, 0) is 26.2 Å². The van der Waals surface area contributed by atoms with Gasteiger partial charge in [0.15, 0.2) is 0 Å². The highest BCUT2D eigenvalue weighted by Crippen LogP contribution is 2.37. The van der Waals surface area contributed by atoms with Crippen molar-refractivity contribution in [2.45, 2.75) is 32.2 Å². The Labute approximate surface area is 90.6 Å². The lowest BCUT2D eigenvalue weighted by Crippen LogP contribution is -2.09. The highest BCUT2D eigenvalue weighted by Gasteiger charge is 2.25. The van der Waals surface area contributed by atoms with E-state index in [1.807, 2.05) is 6.92 Å². The first-order chi connectivity index (χ1) is 7.31. The Morgan fingerprint density at radius 3 is 3.07 bits per heavy atom. The van der Waals surface area contributed by atoms with Crippen LogP contribution in [0.4, 0.5) is 5.95 Å². The van der Waals surface area contributed by atoms with E-state index in [1.54, 1.807) is 7.11 Å². The monoisotopic (exact) mass is 209 g/mol. The van der Waals surface area contributed by atoms with Crippen LogP contribution in [0.2, 0.25) is 0 Å². The largest absolute Gasteiger partial charge is 0.385 e. The molecule has 1 aliphatic rings. The molecule has 1 aliphatic carbocycles. The Kier molecular flexibility index (Phi) is 3.26. The fraction of sp³-hybridized carbons (Fsp3) is 0.727. The van der Waals surface area contributed by atoms with Crippen LogP contribution in [0.15, 0.2) is 6.20 Å². The van der Waals surface area contributed by atoms with Crippen LogP contribution < -0.4 is 5.32 Å². The number of nitrogens with one attached hydrogen (secondary N) is 1. The lowest BCUT2D eigenvalue weighted by atomic mass is 10.4. The first kappa shape index (κ1) is 10.5. The predicted molar refractivity (Wildman–Crippen MR) is 60.2 cm³/mol. The van der Waals surface area contributed by atoms with E-state index in [2.05, 4.69) is 21.1 Å². The van der Waals surface area contributed by atoms with Gasteiger partial charge in [-0.25, -0.2) is 4.98 Å². The molecule has 1 aromatic heterocycles. The van der Waals surface area contributed by atoms with Gasteiger partial charge in [-0.15, -0.1) is 0 Å². The fourth-order valence-electron chi connectivity index (χ4n) is 1.69. The van der Waals surface area contributed by atoms with Crippen LogP contribution in [-0.4, -0.2) is 29.8 Å². The molecular weight excluding hydrogens is 190 g/mol. The van der Waals surface area contributed by atoms with Crippen molar-refractivity contribution >= 4 is 5.95 Å². The predicted octanol–water partition coefficient (Wildman–Crippen LogP) is 1.97. The standard InChI is InChI=1S/C11H19N3O/c1-9-8-14(10-4-5-10)11(13-9)12-6-3-7-15-2/h8,10H,3-7H2,1-2H3,(H,12,13). The van der Waals surface area contributed by atoms with E-state index in [0.29, 0.717) is 6.04 Å². The smallest absolute Gasteiger partial charge is 0.203 e. The number of imidazole rings is 1. The molecule has 0 aliphatic heterocycles. The molecule has 84 valence electrons. The molecule has 4 nitrogen and oxygen atoms in total. The molecule has 2 rings (SSSR count). The zero-order chi connectivity index (χ0) is 10.7. The number of methoxy groups -OCH3 is 1. The Bertz CT molecular complexity index is 318. The summed E-state index contributed by atoms with van der Waals surface area (Å²) in [6.45, 7) is 3.77. The van der Waals surface area contributed by atoms with E-state index in [9.17, 15) is 0 Å². The van der Waals surface area contributed by atoms with Crippen molar-refractivity contribution in [2.75, 3.05) is 25.6 Å². The van der Waals surface area contributed by atoms with Crippen LogP contribution >= 0.6 is 0 Å². The van der Waals surface area contributed by atoms with Gasteiger partial charge in [0.2, 0.25) is 5.95 Å². The summed E-state index contributed by atoms with van der Waals surface area (Å²) < 4.78 is 7.27. The van der Waals surface area contributed by atoms with Gasteiger partial charge in [0.1, 0.15) is 0 Å². The summed E-state index contributed by atoms with van der Waals surface area (Å²) in [4.78, 5) is 4.48. The second-order valence-corrected chi connectivity index (χ2v) is 4.12. The number of nitrogens with zero attached hydrogens (tertiary/aromatic N) is 2. The van der Waals surface area contributed by atoms with Crippen LogP contribution in [0.3, 0.4) is 0 Å². The van der Waals surface area contributed by atoms with Crippen LogP contribution in [0.25, 0.3) is 0 Å². The van der Waals surface area contributed by atoms with Crippen molar-refractivity contribution in [3.63, 3.8) is 0 Å². The highest BCUT2D eigenvalue weighted by atomic mass is 16.5. The molecule has 0 amide bonds. The number of ether oxygens (including phenoxy) is 1. The van der Waals surface area contributed by atoms with E-state index in [0.717, 1.165) is 31.2 Å². The van der Waals surface area contributed by atoms with Gasteiger partial charge in [-0.3, -0.25) is 0 Å². The van der Waals surface area contributed by atoms with Gasteiger partial charge >= 0.3 is 0 Å². The third-order valence-electron chi connectivity index (χ3n) is 2.60. The third kappa shape index (κ3) is 2.72. The van der Waals surface area contributed by atoms with Gasteiger partial charge in [0.05, 0.1) is 5.69 Å². The summed E-state index contributed by atoms with van der Waals surface area (Å²) in [6, 6.07) is 0.691. The highest BCUT2D eigenvalue weighted by molar-refractivity contribution is 5.30. The second-order valence-electron chi connectivity index (χ2n) is 4.12. The molecule has 0 unspecified atom stereocenters. The third-order valence-corrected chi connectivity index (χ3v) is 2.60. The molecule has 0 saturated heterocycles. The Morgan fingerprint density at radius 1 is 1.60 bits per heavy atom.